The molecule has 0 aliphatic carbocycles. The van der Waals surface area contributed by atoms with Gasteiger partial charge in [-0.3, -0.25) is 4.79 Å². The molecule has 19 heavy (non-hydrogen) atoms. The van der Waals surface area contributed by atoms with Gasteiger partial charge >= 0.3 is 0 Å². The molecular formula is C15H18N2O2. The molecule has 1 heterocycles. The van der Waals surface area contributed by atoms with Gasteiger partial charge in [0.1, 0.15) is 5.76 Å². The molecule has 100 valence electrons. The lowest BCUT2D eigenvalue weighted by Gasteiger charge is -2.05. The highest BCUT2D eigenvalue weighted by atomic mass is 16.5. The fourth-order valence-electron chi connectivity index (χ4n) is 1.90. The Hall–Kier alpha value is -2.10. The van der Waals surface area contributed by atoms with Crippen molar-refractivity contribution < 1.29 is 9.32 Å². The number of benzene rings is 1. The molecule has 2 aromatic rings. The number of nitrogens with zero attached hydrogens (tertiary/aromatic N) is 1. The van der Waals surface area contributed by atoms with E-state index >= 15 is 0 Å². The van der Waals surface area contributed by atoms with Gasteiger partial charge in [0, 0.05) is 12.1 Å². The van der Waals surface area contributed by atoms with Crippen LogP contribution in [0, 0.1) is 20.8 Å². The lowest BCUT2D eigenvalue weighted by atomic mass is 10.1. The van der Waals surface area contributed by atoms with Crippen molar-refractivity contribution in [2.45, 2.75) is 33.7 Å². The SMILES string of the molecule is Cc1ccc(CC(=O)NCc2c(C)noc2C)cc1. The molecule has 0 saturated carbocycles. The van der Waals surface area contributed by atoms with Crippen LogP contribution in [0.4, 0.5) is 0 Å². The van der Waals surface area contributed by atoms with Gasteiger partial charge in [-0.25, -0.2) is 0 Å². The summed E-state index contributed by atoms with van der Waals surface area (Å²) in [5.74, 6) is 0.761. The Balaban J connectivity index is 1.90. The third-order valence-electron chi connectivity index (χ3n) is 3.13. The molecule has 1 amide bonds. The second-order valence-corrected chi connectivity index (χ2v) is 4.74. The van der Waals surface area contributed by atoms with Gasteiger partial charge in [-0.15, -0.1) is 0 Å². The molecule has 0 saturated heterocycles. The predicted molar refractivity (Wildman–Crippen MR) is 72.7 cm³/mol. The number of rotatable bonds is 4. The van der Waals surface area contributed by atoms with Crippen molar-refractivity contribution in [1.29, 1.82) is 0 Å². The van der Waals surface area contributed by atoms with E-state index in [9.17, 15) is 4.79 Å². The lowest BCUT2D eigenvalue weighted by molar-refractivity contribution is -0.120. The van der Waals surface area contributed by atoms with Crippen LogP contribution in [0.5, 0.6) is 0 Å². The zero-order chi connectivity index (χ0) is 13.8. The first-order valence-electron chi connectivity index (χ1n) is 6.30. The van der Waals surface area contributed by atoms with Gasteiger partial charge in [0.15, 0.2) is 0 Å². The number of hydrogen-bond acceptors (Lipinski definition) is 3. The molecule has 0 unspecified atom stereocenters. The van der Waals surface area contributed by atoms with E-state index in [1.165, 1.54) is 5.56 Å². The number of aryl methyl sites for hydroxylation is 3. The second-order valence-electron chi connectivity index (χ2n) is 4.74. The molecular weight excluding hydrogens is 240 g/mol. The average molecular weight is 258 g/mol. The Morgan fingerprint density at radius 2 is 1.89 bits per heavy atom. The summed E-state index contributed by atoms with van der Waals surface area (Å²) < 4.78 is 5.06. The maximum absolute atomic E-state index is 11.9. The summed E-state index contributed by atoms with van der Waals surface area (Å²) in [5, 5.41) is 6.75. The molecule has 1 aromatic heterocycles. The van der Waals surface area contributed by atoms with E-state index in [2.05, 4.69) is 10.5 Å². The summed E-state index contributed by atoms with van der Waals surface area (Å²) in [6.07, 6.45) is 0.393. The zero-order valence-corrected chi connectivity index (χ0v) is 11.5. The molecule has 0 spiro atoms. The highest BCUT2D eigenvalue weighted by Crippen LogP contribution is 2.11. The summed E-state index contributed by atoms with van der Waals surface area (Å²) in [6.45, 7) is 6.21. The number of hydrogen-bond donors (Lipinski definition) is 1. The number of nitrogens with one attached hydrogen (secondary N) is 1. The van der Waals surface area contributed by atoms with E-state index in [1.807, 2.05) is 45.0 Å². The minimum absolute atomic E-state index is 0.00357. The number of aromatic nitrogens is 1. The van der Waals surface area contributed by atoms with Crippen molar-refractivity contribution in [1.82, 2.24) is 10.5 Å². The normalized spacial score (nSPS) is 10.5. The van der Waals surface area contributed by atoms with Crippen LogP contribution in [0.15, 0.2) is 28.8 Å². The molecule has 4 heteroatoms. The molecule has 0 aliphatic heterocycles. The van der Waals surface area contributed by atoms with Crippen LogP contribution >= 0.6 is 0 Å². The van der Waals surface area contributed by atoms with Crippen molar-refractivity contribution in [2.24, 2.45) is 0 Å². The van der Waals surface area contributed by atoms with Crippen LogP contribution in [0.2, 0.25) is 0 Å². The summed E-state index contributed by atoms with van der Waals surface area (Å²) >= 11 is 0. The van der Waals surface area contributed by atoms with Crippen molar-refractivity contribution in [3.05, 3.63) is 52.4 Å². The first kappa shape index (κ1) is 13.3. The molecule has 2 rings (SSSR count). The predicted octanol–water partition coefficient (Wildman–Crippen LogP) is 2.46. The Labute approximate surface area is 112 Å². The Morgan fingerprint density at radius 3 is 2.47 bits per heavy atom. The third kappa shape index (κ3) is 3.44. The topological polar surface area (TPSA) is 55.1 Å². The van der Waals surface area contributed by atoms with Crippen LogP contribution in [0.1, 0.15) is 28.1 Å². The smallest absolute Gasteiger partial charge is 0.224 e. The standard InChI is InChI=1S/C15H18N2O2/c1-10-4-6-13(7-5-10)8-15(18)16-9-14-11(2)17-19-12(14)3/h4-7H,8-9H2,1-3H3,(H,16,18). The monoisotopic (exact) mass is 258 g/mol. The second kappa shape index (κ2) is 5.69. The summed E-state index contributed by atoms with van der Waals surface area (Å²) in [5.41, 5.74) is 3.99. The molecule has 0 fully saturated rings. The molecule has 4 nitrogen and oxygen atoms in total. The minimum Gasteiger partial charge on any atom is -0.361 e. The van der Waals surface area contributed by atoms with Gasteiger partial charge in [-0.1, -0.05) is 35.0 Å². The Morgan fingerprint density at radius 1 is 1.21 bits per heavy atom. The van der Waals surface area contributed by atoms with E-state index in [0.717, 1.165) is 22.6 Å². The van der Waals surface area contributed by atoms with Gasteiger partial charge in [0.2, 0.25) is 5.91 Å². The fraction of sp³-hybridized carbons (Fsp3) is 0.333. The largest absolute Gasteiger partial charge is 0.361 e. The highest BCUT2D eigenvalue weighted by molar-refractivity contribution is 5.78. The van der Waals surface area contributed by atoms with Crippen LogP contribution in [0.25, 0.3) is 0 Å². The fourth-order valence-corrected chi connectivity index (χ4v) is 1.90. The van der Waals surface area contributed by atoms with Crippen LogP contribution in [-0.4, -0.2) is 11.1 Å². The van der Waals surface area contributed by atoms with Gasteiger partial charge in [0.25, 0.3) is 0 Å². The summed E-state index contributed by atoms with van der Waals surface area (Å²) in [4.78, 5) is 11.9. The maximum Gasteiger partial charge on any atom is 0.224 e. The van der Waals surface area contributed by atoms with Crippen molar-refractivity contribution in [2.75, 3.05) is 0 Å². The van der Waals surface area contributed by atoms with E-state index in [4.69, 9.17) is 4.52 Å². The molecule has 0 radical (unpaired) electrons. The van der Waals surface area contributed by atoms with E-state index in [0.29, 0.717) is 13.0 Å². The van der Waals surface area contributed by atoms with Crippen molar-refractivity contribution >= 4 is 5.91 Å². The average Bonchev–Trinajstić information content (AvgIpc) is 2.70. The lowest BCUT2D eigenvalue weighted by Crippen LogP contribution is -2.25. The van der Waals surface area contributed by atoms with Crippen LogP contribution in [-0.2, 0) is 17.8 Å². The first-order valence-corrected chi connectivity index (χ1v) is 6.30. The first-order chi connectivity index (χ1) is 9.06. The van der Waals surface area contributed by atoms with Crippen LogP contribution < -0.4 is 5.32 Å². The minimum atomic E-state index is 0.00357. The highest BCUT2D eigenvalue weighted by Gasteiger charge is 2.10. The van der Waals surface area contributed by atoms with E-state index in [-0.39, 0.29) is 5.91 Å². The Bertz CT molecular complexity index is 551. The van der Waals surface area contributed by atoms with Gasteiger partial charge in [0.05, 0.1) is 12.1 Å². The molecule has 1 aromatic carbocycles. The van der Waals surface area contributed by atoms with Gasteiger partial charge < -0.3 is 9.84 Å². The maximum atomic E-state index is 11.9. The number of amides is 1. The van der Waals surface area contributed by atoms with Crippen molar-refractivity contribution in [3.8, 4) is 0 Å². The molecule has 0 aliphatic rings. The quantitative estimate of drug-likeness (QED) is 0.916. The van der Waals surface area contributed by atoms with Crippen LogP contribution in [0.3, 0.4) is 0 Å². The third-order valence-corrected chi connectivity index (χ3v) is 3.13. The molecule has 0 atom stereocenters. The van der Waals surface area contributed by atoms with Gasteiger partial charge in [-0.2, -0.15) is 0 Å². The summed E-state index contributed by atoms with van der Waals surface area (Å²) in [7, 11) is 0. The summed E-state index contributed by atoms with van der Waals surface area (Å²) in [6, 6.07) is 7.98. The van der Waals surface area contributed by atoms with Gasteiger partial charge in [-0.05, 0) is 26.3 Å². The number of carbonyl (C=O) groups excluding carboxylic acids is 1. The van der Waals surface area contributed by atoms with Crippen molar-refractivity contribution in [3.63, 3.8) is 0 Å². The molecule has 0 bridgehead atoms. The number of carbonyl (C=O) groups is 1. The zero-order valence-electron chi connectivity index (χ0n) is 11.5. The molecule has 1 N–H and O–H groups in total. The van der Waals surface area contributed by atoms with E-state index < -0.39 is 0 Å². The van der Waals surface area contributed by atoms with E-state index in [1.54, 1.807) is 0 Å². The Kier molecular flexibility index (Phi) is 4.00.